The lowest BCUT2D eigenvalue weighted by molar-refractivity contribution is 0.0429. The maximum Gasteiger partial charge on any atom is 0.0334 e. The molecule has 0 aromatic carbocycles. The molecule has 0 aliphatic carbocycles. The van der Waals surface area contributed by atoms with Gasteiger partial charge in [0.2, 0.25) is 0 Å². The number of hydrogen-bond donors (Lipinski definition) is 1. The molecule has 0 saturated heterocycles. The molecule has 0 aliphatic rings. The minimum atomic E-state index is 0.207. The first-order valence-corrected chi connectivity index (χ1v) is 6.94. The highest BCUT2D eigenvalue weighted by atomic mass is 15.2. The molecule has 2 heteroatoms. The van der Waals surface area contributed by atoms with Gasteiger partial charge in [0.05, 0.1) is 0 Å². The van der Waals surface area contributed by atoms with Crippen molar-refractivity contribution in [3.05, 3.63) is 0 Å². The summed E-state index contributed by atoms with van der Waals surface area (Å²) in [5.41, 5.74) is 6.30. The van der Waals surface area contributed by atoms with Gasteiger partial charge in [-0.1, -0.05) is 34.1 Å². The highest BCUT2D eigenvalue weighted by molar-refractivity contribution is 4.93. The molecular weight excluding hydrogens is 196 g/mol. The summed E-state index contributed by atoms with van der Waals surface area (Å²) in [6.07, 6.45) is 3.62. The van der Waals surface area contributed by atoms with Crippen LogP contribution in [0.25, 0.3) is 0 Å². The summed E-state index contributed by atoms with van der Waals surface area (Å²) in [5, 5.41) is 0. The average molecular weight is 228 g/mol. The Balaban J connectivity index is 4.89. The molecule has 0 bridgehead atoms. The van der Waals surface area contributed by atoms with Gasteiger partial charge in [-0.2, -0.15) is 0 Å². The van der Waals surface area contributed by atoms with Crippen LogP contribution in [0.4, 0.5) is 0 Å². The standard InChI is InChI=1S/C14H32N2/c1-7-13(6)10-14(8-2,11-15)16(9-3)12(4)5/h12-13H,7-11,15H2,1-6H3. The third-order valence-electron chi connectivity index (χ3n) is 4.04. The molecule has 0 saturated carbocycles. The Morgan fingerprint density at radius 1 is 1.12 bits per heavy atom. The second-order valence-electron chi connectivity index (χ2n) is 5.38. The van der Waals surface area contributed by atoms with Crippen LogP contribution in [0.15, 0.2) is 0 Å². The van der Waals surface area contributed by atoms with Crippen molar-refractivity contribution in [1.29, 1.82) is 0 Å². The van der Waals surface area contributed by atoms with Gasteiger partial charge in [0.15, 0.2) is 0 Å². The zero-order valence-corrected chi connectivity index (χ0v) is 12.2. The maximum absolute atomic E-state index is 6.09. The van der Waals surface area contributed by atoms with Crippen molar-refractivity contribution in [3.8, 4) is 0 Å². The van der Waals surface area contributed by atoms with E-state index in [4.69, 9.17) is 5.73 Å². The van der Waals surface area contributed by atoms with Crippen molar-refractivity contribution >= 4 is 0 Å². The molecule has 2 atom stereocenters. The van der Waals surface area contributed by atoms with E-state index < -0.39 is 0 Å². The van der Waals surface area contributed by atoms with Crippen molar-refractivity contribution < 1.29 is 0 Å². The van der Waals surface area contributed by atoms with Gasteiger partial charge in [0.1, 0.15) is 0 Å². The first-order chi connectivity index (χ1) is 7.47. The zero-order valence-electron chi connectivity index (χ0n) is 12.2. The van der Waals surface area contributed by atoms with Crippen molar-refractivity contribution in [2.45, 2.75) is 72.4 Å². The predicted molar refractivity (Wildman–Crippen MR) is 73.7 cm³/mol. The van der Waals surface area contributed by atoms with Crippen molar-refractivity contribution in [2.75, 3.05) is 13.1 Å². The monoisotopic (exact) mass is 228 g/mol. The van der Waals surface area contributed by atoms with Crippen LogP contribution in [-0.2, 0) is 0 Å². The highest BCUT2D eigenvalue weighted by Gasteiger charge is 2.35. The fraction of sp³-hybridized carbons (Fsp3) is 1.00. The molecule has 2 unspecified atom stereocenters. The molecule has 0 amide bonds. The van der Waals surface area contributed by atoms with Crippen LogP contribution in [0.2, 0.25) is 0 Å². The molecule has 0 aliphatic heterocycles. The SMILES string of the molecule is CCC(C)CC(CC)(CN)N(CC)C(C)C. The lowest BCUT2D eigenvalue weighted by Gasteiger charge is -2.46. The number of rotatable bonds is 8. The first kappa shape index (κ1) is 15.9. The second kappa shape index (κ2) is 7.29. The van der Waals surface area contributed by atoms with Crippen LogP contribution < -0.4 is 5.73 Å². The number of nitrogens with zero attached hydrogens (tertiary/aromatic N) is 1. The van der Waals surface area contributed by atoms with Gasteiger partial charge < -0.3 is 5.73 Å². The number of nitrogens with two attached hydrogens (primary N) is 1. The number of likely N-dealkylation sites (N-methyl/N-ethyl adjacent to an activating group) is 1. The minimum Gasteiger partial charge on any atom is -0.329 e. The minimum absolute atomic E-state index is 0.207. The Bertz CT molecular complexity index is 174. The highest BCUT2D eigenvalue weighted by Crippen LogP contribution is 2.29. The van der Waals surface area contributed by atoms with E-state index in [-0.39, 0.29) is 5.54 Å². The van der Waals surface area contributed by atoms with Gasteiger partial charge in [-0.3, -0.25) is 4.90 Å². The fourth-order valence-corrected chi connectivity index (χ4v) is 2.85. The topological polar surface area (TPSA) is 29.3 Å². The second-order valence-corrected chi connectivity index (χ2v) is 5.38. The third-order valence-corrected chi connectivity index (χ3v) is 4.04. The fourth-order valence-electron chi connectivity index (χ4n) is 2.85. The maximum atomic E-state index is 6.09. The van der Waals surface area contributed by atoms with E-state index in [0.29, 0.717) is 6.04 Å². The molecule has 16 heavy (non-hydrogen) atoms. The van der Waals surface area contributed by atoms with Crippen LogP contribution >= 0.6 is 0 Å². The van der Waals surface area contributed by atoms with E-state index in [1.807, 2.05) is 0 Å². The molecular formula is C14H32N2. The number of hydrogen-bond acceptors (Lipinski definition) is 2. The van der Waals surface area contributed by atoms with Gasteiger partial charge >= 0.3 is 0 Å². The van der Waals surface area contributed by atoms with E-state index in [1.54, 1.807) is 0 Å². The van der Waals surface area contributed by atoms with E-state index in [1.165, 1.54) is 12.8 Å². The quantitative estimate of drug-likeness (QED) is 0.691. The van der Waals surface area contributed by atoms with E-state index in [0.717, 1.165) is 25.4 Å². The summed E-state index contributed by atoms with van der Waals surface area (Å²) in [4.78, 5) is 2.58. The Morgan fingerprint density at radius 2 is 1.69 bits per heavy atom. The largest absolute Gasteiger partial charge is 0.329 e. The third kappa shape index (κ3) is 3.74. The van der Waals surface area contributed by atoms with Crippen molar-refractivity contribution in [1.82, 2.24) is 4.90 Å². The van der Waals surface area contributed by atoms with Gasteiger partial charge in [0.25, 0.3) is 0 Å². The lowest BCUT2D eigenvalue weighted by atomic mass is 9.82. The Hall–Kier alpha value is -0.0800. The smallest absolute Gasteiger partial charge is 0.0334 e. The molecule has 0 spiro atoms. The van der Waals surface area contributed by atoms with Crippen LogP contribution in [0.5, 0.6) is 0 Å². The van der Waals surface area contributed by atoms with Crippen molar-refractivity contribution in [3.63, 3.8) is 0 Å². The predicted octanol–water partition coefficient (Wildman–Crippen LogP) is 3.26. The molecule has 0 fully saturated rings. The van der Waals surface area contributed by atoms with E-state index in [2.05, 4.69) is 46.4 Å². The summed E-state index contributed by atoms with van der Waals surface area (Å²) in [6, 6.07) is 0.581. The van der Waals surface area contributed by atoms with Crippen LogP contribution in [-0.4, -0.2) is 29.6 Å². The molecule has 0 radical (unpaired) electrons. The molecule has 0 aromatic rings. The van der Waals surface area contributed by atoms with E-state index in [9.17, 15) is 0 Å². The zero-order chi connectivity index (χ0) is 12.8. The normalized spacial score (nSPS) is 17.8. The molecule has 2 N–H and O–H groups in total. The summed E-state index contributed by atoms with van der Waals surface area (Å²) in [7, 11) is 0. The molecule has 0 heterocycles. The molecule has 98 valence electrons. The Kier molecular flexibility index (Phi) is 7.25. The molecule has 2 nitrogen and oxygen atoms in total. The van der Waals surface area contributed by atoms with Gasteiger partial charge in [0, 0.05) is 18.1 Å². The van der Waals surface area contributed by atoms with Crippen LogP contribution in [0.1, 0.15) is 60.8 Å². The van der Waals surface area contributed by atoms with Crippen LogP contribution in [0, 0.1) is 5.92 Å². The summed E-state index contributed by atoms with van der Waals surface area (Å²) in [5.74, 6) is 0.760. The lowest BCUT2D eigenvalue weighted by Crippen LogP contribution is -2.56. The first-order valence-electron chi connectivity index (χ1n) is 6.94. The van der Waals surface area contributed by atoms with Crippen LogP contribution in [0.3, 0.4) is 0 Å². The summed E-state index contributed by atoms with van der Waals surface area (Å²) < 4.78 is 0. The Morgan fingerprint density at radius 3 is 1.94 bits per heavy atom. The average Bonchev–Trinajstić information content (AvgIpc) is 2.27. The summed E-state index contributed by atoms with van der Waals surface area (Å²) in [6.45, 7) is 15.6. The van der Waals surface area contributed by atoms with Gasteiger partial charge in [-0.15, -0.1) is 0 Å². The van der Waals surface area contributed by atoms with E-state index >= 15 is 0 Å². The van der Waals surface area contributed by atoms with Crippen molar-refractivity contribution in [2.24, 2.45) is 11.7 Å². The van der Waals surface area contributed by atoms with Gasteiger partial charge in [-0.05, 0) is 39.2 Å². The summed E-state index contributed by atoms with van der Waals surface area (Å²) >= 11 is 0. The molecule has 0 rings (SSSR count). The van der Waals surface area contributed by atoms with Gasteiger partial charge in [-0.25, -0.2) is 0 Å². The Labute approximate surface area is 103 Å². The molecule has 0 aromatic heterocycles.